The highest BCUT2D eigenvalue weighted by molar-refractivity contribution is 5.30. The van der Waals surface area contributed by atoms with E-state index < -0.39 is 0 Å². The van der Waals surface area contributed by atoms with Crippen LogP contribution in [0.4, 0.5) is 0 Å². The van der Waals surface area contributed by atoms with Gasteiger partial charge < -0.3 is 10.2 Å². The van der Waals surface area contributed by atoms with Gasteiger partial charge in [0.15, 0.2) is 0 Å². The highest BCUT2D eigenvalue weighted by Gasteiger charge is 2.14. The van der Waals surface area contributed by atoms with Gasteiger partial charge in [-0.05, 0) is 76.3 Å². The van der Waals surface area contributed by atoms with Crippen molar-refractivity contribution in [2.24, 2.45) is 5.92 Å². The monoisotopic (exact) mass is 274 g/mol. The van der Waals surface area contributed by atoms with Gasteiger partial charge in [0.2, 0.25) is 0 Å². The zero-order valence-corrected chi connectivity index (χ0v) is 13.4. The molecule has 2 heteroatoms. The van der Waals surface area contributed by atoms with Crippen LogP contribution in [0.15, 0.2) is 18.2 Å². The molecule has 0 radical (unpaired) electrons. The summed E-state index contributed by atoms with van der Waals surface area (Å²) in [7, 11) is 0. The van der Waals surface area contributed by atoms with Gasteiger partial charge in [-0.1, -0.05) is 30.7 Å². The van der Waals surface area contributed by atoms with E-state index in [0.29, 0.717) is 0 Å². The van der Waals surface area contributed by atoms with Crippen LogP contribution in [0.25, 0.3) is 0 Å². The third kappa shape index (κ3) is 4.92. The fourth-order valence-corrected chi connectivity index (χ4v) is 2.98. The van der Waals surface area contributed by atoms with Crippen molar-refractivity contribution in [2.75, 3.05) is 26.2 Å². The molecule has 1 saturated heterocycles. The highest BCUT2D eigenvalue weighted by atomic mass is 15.1. The van der Waals surface area contributed by atoms with Crippen LogP contribution < -0.4 is 5.32 Å². The Kier molecular flexibility index (Phi) is 6.06. The fourth-order valence-electron chi connectivity index (χ4n) is 2.98. The molecule has 112 valence electrons. The molecule has 0 saturated carbocycles. The van der Waals surface area contributed by atoms with Crippen molar-refractivity contribution in [1.82, 2.24) is 10.2 Å². The van der Waals surface area contributed by atoms with E-state index in [0.717, 1.165) is 19.0 Å². The van der Waals surface area contributed by atoms with E-state index >= 15 is 0 Å². The van der Waals surface area contributed by atoms with Gasteiger partial charge in [-0.15, -0.1) is 0 Å². The minimum absolute atomic E-state index is 0.939. The molecule has 1 aliphatic heterocycles. The van der Waals surface area contributed by atoms with E-state index in [9.17, 15) is 0 Å². The molecular weight excluding hydrogens is 244 g/mol. The summed E-state index contributed by atoms with van der Waals surface area (Å²) < 4.78 is 0. The van der Waals surface area contributed by atoms with E-state index in [2.05, 4.69) is 49.2 Å². The second kappa shape index (κ2) is 7.80. The lowest BCUT2D eigenvalue weighted by atomic mass is 9.99. The maximum Gasteiger partial charge on any atom is 0.0208 e. The summed E-state index contributed by atoms with van der Waals surface area (Å²) in [6.45, 7) is 12.7. The molecule has 0 aliphatic carbocycles. The van der Waals surface area contributed by atoms with Crippen molar-refractivity contribution in [3.8, 4) is 0 Å². The lowest BCUT2D eigenvalue weighted by Crippen LogP contribution is -2.34. The Labute approximate surface area is 124 Å². The van der Waals surface area contributed by atoms with Crippen molar-refractivity contribution < 1.29 is 0 Å². The predicted molar refractivity (Wildman–Crippen MR) is 87.1 cm³/mol. The molecule has 1 aromatic rings. The van der Waals surface area contributed by atoms with Crippen molar-refractivity contribution in [2.45, 2.75) is 46.6 Å². The molecule has 1 aliphatic rings. The fraction of sp³-hybridized carbons (Fsp3) is 0.667. The van der Waals surface area contributed by atoms with Crippen LogP contribution in [0.1, 0.15) is 42.9 Å². The Morgan fingerprint density at radius 3 is 2.65 bits per heavy atom. The van der Waals surface area contributed by atoms with Gasteiger partial charge in [0.05, 0.1) is 0 Å². The molecule has 0 bridgehead atoms. The molecule has 0 atom stereocenters. The Balaban J connectivity index is 1.59. The zero-order valence-electron chi connectivity index (χ0n) is 13.4. The Morgan fingerprint density at radius 1 is 1.20 bits per heavy atom. The molecule has 1 N–H and O–H groups in total. The molecule has 20 heavy (non-hydrogen) atoms. The molecule has 1 heterocycles. The van der Waals surface area contributed by atoms with E-state index in [1.54, 1.807) is 0 Å². The molecule has 2 rings (SSSR count). The van der Waals surface area contributed by atoms with Crippen molar-refractivity contribution in [3.05, 3.63) is 34.9 Å². The number of nitrogens with zero attached hydrogens (tertiary/aromatic N) is 1. The summed E-state index contributed by atoms with van der Waals surface area (Å²) in [5.74, 6) is 0.939. The van der Waals surface area contributed by atoms with Crippen molar-refractivity contribution >= 4 is 0 Å². The standard InChI is InChI=1S/C18H30N2/c1-15-7-11-20(12-8-15)10-4-9-19-14-18-6-5-16(2)13-17(18)3/h5-6,13,15,19H,4,7-12,14H2,1-3H3. The lowest BCUT2D eigenvalue weighted by molar-refractivity contribution is 0.190. The van der Waals surface area contributed by atoms with Crippen molar-refractivity contribution in [3.63, 3.8) is 0 Å². The van der Waals surface area contributed by atoms with Gasteiger partial charge in [-0.3, -0.25) is 0 Å². The number of hydrogen-bond acceptors (Lipinski definition) is 2. The molecular formula is C18H30N2. The van der Waals surface area contributed by atoms with Crippen LogP contribution in [-0.4, -0.2) is 31.1 Å². The highest BCUT2D eigenvalue weighted by Crippen LogP contribution is 2.15. The summed E-state index contributed by atoms with van der Waals surface area (Å²) in [6, 6.07) is 6.73. The predicted octanol–water partition coefficient (Wildman–Crippen LogP) is 3.52. The van der Waals surface area contributed by atoms with Gasteiger partial charge >= 0.3 is 0 Å². The molecule has 0 amide bonds. The first-order chi connectivity index (χ1) is 9.65. The molecule has 0 unspecified atom stereocenters. The third-order valence-electron chi connectivity index (χ3n) is 4.52. The Hall–Kier alpha value is -0.860. The minimum Gasteiger partial charge on any atom is -0.313 e. The maximum absolute atomic E-state index is 3.58. The van der Waals surface area contributed by atoms with Crippen molar-refractivity contribution in [1.29, 1.82) is 0 Å². The normalized spacial score (nSPS) is 17.6. The number of hydrogen-bond donors (Lipinski definition) is 1. The second-order valence-corrected chi connectivity index (χ2v) is 6.48. The van der Waals surface area contributed by atoms with E-state index in [1.807, 2.05) is 0 Å². The van der Waals surface area contributed by atoms with E-state index in [4.69, 9.17) is 0 Å². The molecule has 1 aromatic carbocycles. The summed E-state index contributed by atoms with van der Waals surface area (Å²) in [5.41, 5.74) is 4.19. The number of rotatable bonds is 6. The van der Waals surface area contributed by atoms with E-state index in [1.165, 1.54) is 55.6 Å². The summed E-state index contributed by atoms with van der Waals surface area (Å²) in [5, 5.41) is 3.58. The summed E-state index contributed by atoms with van der Waals surface area (Å²) in [6.07, 6.45) is 4.03. The van der Waals surface area contributed by atoms with Crippen LogP contribution in [0, 0.1) is 19.8 Å². The topological polar surface area (TPSA) is 15.3 Å². The smallest absolute Gasteiger partial charge is 0.0208 e. The maximum atomic E-state index is 3.58. The minimum atomic E-state index is 0.939. The van der Waals surface area contributed by atoms with Crippen LogP contribution in [-0.2, 0) is 6.54 Å². The molecule has 1 fully saturated rings. The first-order valence-corrected chi connectivity index (χ1v) is 8.14. The largest absolute Gasteiger partial charge is 0.313 e. The average Bonchev–Trinajstić information content (AvgIpc) is 2.42. The van der Waals surface area contributed by atoms with Crippen LogP contribution in [0.3, 0.4) is 0 Å². The quantitative estimate of drug-likeness (QED) is 0.799. The van der Waals surface area contributed by atoms with Gasteiger partial charge in [-0.2, -0.15) is 0 Å². The lowest BCUT2D eigenvalue weighted by Gasteiger charge is -2.30. The van der Waals surface area contributed by atoms with Crippen LogP contribution in [0.5, 0.6) is 0 Å². The number of piperidine rings is 1. The van der Waals surface area contributed by atoms with Gasteiger partial charge in [0.25, 0.3) is 0 Å². The van der Waals surface area contributed by atoms with Gasteiger partial charge in [0.1, 0.15) is 0 Å². The molecule has 2 nitrogen and oxygen atoms in total. The second-order valence-electron chi connectivity index (χ2n) is 6.48. The Bertz CT molecular complexity index is 406. The third-order valence-corrected chi connectivity index (χ3v) is 4.52. The van der Waals surface area contributed by atoms with E-state index in [-0.39, 0.29) is 0 Å². The first-order valence-electron chi connectivity index (χ1n) is 8.14. The van der Waals surface area contributed by atoms with Gasteiger partial charge in [0, 0.05) is 6.54 Å². The number of likely N-dealkylation sites (tertiary alicyclic amines) is 1. The summed E-state index contributed by atoms with van der Waals surface area (Å²) >= 11 is 0. The Morgan fingerprint density at radius 2 is 1.95 bits per heavy atom. The molecule has 0 aromatic heterocycles. The number of aryl methyl sites for hydroxylation is 2. The average molecular weight is 274 g/mol. The van der Waals surface area contributed by atoms with Gasteiger partial charge in [-0.25, -0.2) is 0 Å². The van der Waals surface area contributed by atoms with Crippen LogP contribution in [0.2, 0.25) is 0 Å². The van der Waals surface area contributed by atoms with Crippen LogP contribution >= 0.6 is 0 Å². The summed E-state index contributed by atoms with van der Waals surface area (Å²) in [4.78, 5) is 2.62. The first kappa shape index (κ1) is 15.5. The molecule has 0 spiro atoms. The number of benzene rings is 1. The SMILES string of the molecule is Cc1ccc(CNCCCN2CCC(C)CC2)c(C)c1. The zero-order chi connectivity index (χ0) is 14.4. The number of nitrogens with one attached hydrogen (secondary N) is 1.